The number of amides is 1. The van der Waals surface area contributed by atoms with Crippen molar-refractivity contribution in [1.29, 1.82) is 0 Å². The Morgan fingerprint density at radius 3 is 2.50 bits per heavy atom. The Morgan fingerprint density at radius 2 is 2.00 bits per heavy atom. The highest BCUT2D eigenvalue weighted by Gasteiger charge is 2.12. The molecule has 1 rings (SSSR count). The van der Waals surface area contributed by atoms with Gasteiger partial charge in [0, 0.05) is 26.2 Å². The normalized spacial score (nSPS) is 10.7. The third-order valence-electron chi connectivity index (χ3n) is 2.95. The SMILES string of the molecule is CCN(CC(=O)N(C)C)Cc1cc(F)cc(C(N)=S)c1. The van der Waals surface area contributed by atoms with E-state index in [1.807, 2.05) is 11.8 Å². The Kier molecular flexibility index (Phi) is 6.04. The lowest BCUT2D eigenvalue weighted by atomic mass is 10.1. The zero-order valence-electron chi connectivity index (χ0n) is 12.0. The van der Waals surface area contributed by atoms with Gasteiger partial charge in [-0.05, 0) is 30.3 Å². The van der Waals surface area contributed by atoms with Gasteiger partial charge in [0.1, 0.15) is 10.8 Å². The minimum absolute atomic E-state index is 0.0119. The number of halogens is 1. The van der Waals surface area contributed by atoms with E-state index in [9.17, 15) is 9.18 Å². The summed E-state index contributed by atoms with van der Waals surface area (Å²) >= 11 is 4.86. The minimum Gasteiger partial charge on any atom is -0.389 e. The first kappa shape index (κ1) is 16.5. The van der Waals surface area contributed by atoms with Gasteiger partial charge < -0.3 is 10.6 Å². The smallest absolute Gasteiger partial charge is 0.236 e. The van der Waals surface area contributed by atoms with Crippen LogP contribution in [0.25, 0.3) is 0 Å². The van der Waals surface area contributed by atoms with Crippen molar-refractivity contribution in [2.24, 2.45) is 5.73 Å². The van der Waals surface area contributed by atoms with E-state index in [0.29, 0.717) is 25.2 Å². The van der Waals surface area contributed by atoms with Crippen molar-refractivity contribution in [1.82, 2.24) is 9.80 Å². The van der Waals surface area contributed by atoms with Gasteiger partial charge in [-0.25, -0.2) is 4.39 Å². The van der Waals surface area contributed by atoms with Crippen LogP contribution in [0, 0.1) is 5.82 Å². The maximum absolute atomic E-state index is 13.5. The second-order valence-electron chi connectivity index (χ2n) is 4.80. The highest BCUT2D eigenvalue weighted by atomic mass is 32.1. The molecule has 0 spiro atoms. The molecule has 1 aromatic rings. The number of nitrogens with two attached hydrogens (primary N) is 1. The molecule has 0 bridgehead atoms. The van der Waals surface area contributed by atoms with Gasteiger partial charge in [0.05, 0.1) is 6.54 Å². The van der Waals surface area contributed by atoms with Gasteiger partial charge in [0.15, 0.2) is 0 Å². The third-order valence-corrected chi connectivity index (χ3v) is 3.19. The van der Waals surface area contributed by atoms with Crippen LogP contribution in [0.3, 0.4) is 0 Å². The fourth-order valence-corrected chi connectivity index (χ4v) is 1.87. The van der Waals surface area contributed by atoms with Gasteiger partial charge in [-0.2, -0.15) is 0 Å². The molecule has 6 heteroatoms. The van der Waals surface area contributed by atoms with Crippen molar-refractivity contribution < 1.29 is 9.18 Å². The molecule has 0 saturated carbocycles. The Hall–Kier alpha value is -1.53. The number of carbonyl (C=O) groups is 1. The van der Waals surface area contributed by atoms with E-state index in [-0.39, 0.29) is 16.7 Å². The molecule has 1 aromatic carbocycles. The number of nitrogens with zero attached hydrogens (tertiary/aromatic N) is 2. The quantitative estimate of drug-likeness (QED) is 0.806. The Morgan fingerprint density at radius 1 is 1.35 bits per heavy atom. The van der Waals surface area contributed by atoms with Crippen molar-refractivity contribution in [2.45, 2.75) is 13.5 Å². The number of rotatable bonds is 6. The monoisotopic (exact) mass is 297 g/mol. The minimum atomic E-state index is -0.375. The van der Waals surface area contributed by atoms with E-state index in [0.717, 1.165) is 5.56 Å². The summed E-state index contributed by atoms with van der Waals surface area (Å²) in [5.41, 5.74) is 6.78. The molecule has 0 aromatic heterocycles. The molecule has 0 heterocycles. The van der Waals surface area contributed by atoms with Crippen LogP contribution >= 0.6 is 12.2 Å². The predicted molar refractivity (Wildman–Crippen MR) is 81.9 cm³/mol. The molecular weight excluding hydrogens is 277 g/mol. The van der Waals surface area contributed by atoms with E-state index in [1.165, 1.54) is 17.0 Å². The van der Waals surface area contributed by atoms with Crippen LogP contribution in [-0.4, -0.2) is 47.9 Å². The van der Waals surface area contributed by atoms with Gasteiger partial charge >= 0.3 is 0 Å². The highest BCUT2D eigenvalue weighted by Crippen LogP contribution is 2.12. The summed E-state index contributed by atoms with van der Waals surface area (Å²) in [4.78, 5) is 15.3. The van der Waals surface area contributed by atoms with Crippen molar-refractivity contribution >= 4 is 23.1 Å². The molecular formula is C14H20FN3OS. The lowest BCUT2D eigenvalue weighted by molar-refractivity contribution is -0.130. The molecule has 110 valence electrons. The Balaban J connectivity index is 2.84. The third kappa shape index (κ3) is 4.86. The van der Waals surface area contributed by atoms with Crippen LogP contribution in [0.5, 0.6) is 0 Å². The van der Waals surface area contributed by atoms with Gasteiger partial charge in [0.2, 0.25) is 5.91 Å². The van der Waals surface area contributed by atoms with Gasteiger partial charge in [-0.3, -0.25) is 9.69 Å². The average Bonchev–Trinajstić information content (AvgIpc) is 2.36. The predicted octanol–water partition coefficient (Wildman–Crippen LogP) is 1.37. The largest absolute Gasteiger partial charge is 0.389 e. The molecule has 4 nitrogen and oxygen atoms in total. The molecule has 1 amide bonds. The zero-order chi connectivity index (χ0) is 15.3. The lowest BCUT2D eigenvalue weighted by Gasteiger charge is -2.22. The number of carbonyl (C=O) groups excluding carboxylic acids is 1. The van der Waals surface area contributed by atoms with Crippen molar-refractivity contribution in [3.8, 4) is 0 Å². The fourth-order valence-electron chi connectivity index (χ4n) is 1.75. The lowest BCUT2D eigenvalue weighted by Crippen LogP contribution is -2.36. The summed E-state index contributed by atoms with van der Waals surface area (Å²) in [6.45, 7) is 3.42. The maximum Gasteiger partial charge on any atom is 0.236 e. The molecule has 20 heavy (non-hydrogen) atoms. The first-order valence-corrected chi connectivity index (χ1v) is 6.76. The van der Waals surface area contributed by atoms with Crippen molar-refractivity contribution in [3.63, 3.8) is 0 Å². The molecule has 0 aliphatic rings. The summed E-state index contributed by atoms with van der Waals surface area (Å²) < 4.78 is 13.5. The second kappa shape index (κ2) is 7.31. The molecule has 0 aliphatic heterocycles. The number of hydrogen-bond acceptors (Lipinski definition) is 3. The molecule has 2 N–H and O–H groups in total. The van der Waals surface area contributed by atoms with Crippen molar-refractivity contribution in [3.05, 3.63) is 35.1 Å². The van der Waals surface area contributed by atoms with Gasteiger partial charge in [0.25, 0.3) is 0 Å². The van der Waals surface area contributed by atoms with Crippen molar-refractivity contribution in [2.75, 3.05) is 27.2 Å². The zero-order valence-corrected chi connectivity index (χ0v) is 12.8. The van der Waals surface area contributed by atoms with E-state index in [4.69, 9.17) is 18.0 Å². The Bertz CT molecular complexity index is 505. The molecule has 0 fully saturated rings. The molecule has 0 unspecified atom stereocenters. The van der Waals surface area contributed by atoms with Crippen LogP contribution in [0.1, 0.15) is 18.1 Å². The van der Waals surface area contributed by atoms with E-state index in [1.54, 1.807) is 20.2 Å². The van der Waals surface area contributed by atoms with Gasteiger partial charge in [-0.15, -0.1) is 0 Å². The highest BCUT2D eigenvalue weighted by molar-refractivity contribution is 7.80. The van der Waals surface area contributed by atoms with Crippen LogP contribution in [0.4, 0.5) is 4.39 Å². The van der Waals surface area contributed by atoms with Crippen LogP contribution in [-0.2, 0) is 11.3 Å². The number of likely N-dealkylation sites (N-methyl/N-ethyl adjacent to an activating group) is 2. The fraction of sp³-hybridized carbons (Fsp3) is 0.429. The number of benzene rings is 1. The number of thiocarbonyl (C=S) groups is 1. The molecule has 0 saturated heterocycles. The molecule has 0 aliphatic carbocycles. The second-order valence-corrected chi connectivity index (χ2v) is 5.24. The van der Waals surface area contributed by atoms with Gasteiger partial charge in [-0.1, -0.05) is 19.1 Å². The standard InChI is InChI=1S/C14H20FN3OS/c1-4-18(9-13(19)17(2)3)8-10-5-11(14(16)20)7-12(15)6-10/h5-7H,4,8-9H2,1-3H3,(H2,16,20). The van der Waals surface area contributed by atoms with E-state index in [2.05, 4.69) is 0 Å². The summed E-state index contributed by atoms with van der Waals surface area (Å²) in [6, 6.07) is 4.51. The summed E-state index contributed by atoms with van der Waals surface area (Å²) in [5.74, 6) is -0.363. The maximum atomic E-state index is 13.5. The van der Waals surface area contributed by atoms with Crippen LogP contribution < -0.4 is 5.73 Å². The first-order chi connectivity index (χ1) is 9.33. The van der Waals surface area contributed by atoms with Crippen LogP contribution in [0.2, 0.25) is 0 Å². The summed E-state index contributed by atoms with van der Waals surface area (Å²) in [5, 5.41) is 0. The molecule has 0 atom stereocenters. The number of hydrogen-bond donors (Lipinski definition) is 1. The first-order valence-electron chi connectivity index (χ1n) is 6.35. The Labute approximate surface area is 124 Å². The van der Waals surface area contributed by atoms with E-state index >= 15 is 0 Å². The average molecular weight is 297 g/mol. The summed E-state index contributed by atoms with van der Waals surface area (Å²) in [6.07, 6.45) is 0. The van der Waals surface area contributed by atoms with E-state index < -0.39 is 0 Å². The topological polar surface area (TPSA) is 49.6 Å². The van der Waals surface area contributed by atoms with Crippen LogP contribution in [0.15, 0.2) is 18.2 Å². The summed E-state index contributed by atoms with van der Waals surface area (Å²) in [7, 11) is 3.42. The molecule has 0 radical (unpaired) electrons.